The number of hydrogen-bond acceptors (Lipinski definition) is 6. The molecule has 0 unspecified atom stereocenters. The molecule has 7 heteroatoms. The Kier molecular flexibility index (Phi) is 5.45. The Hall–Kier alpha value is -3.03. The van der Waals surface area contributed by atoms with Gasteiger partial charge in [-0.25, -0.2) is 9.67 Å². The maximum atomic E-state index is 5.23. The Bertz CT molecular complexity index is 1140. The molecule has 0 saturated heterocycles. The SMILES string of the molecule is COc1ccc(N=c2scc(-c3cccs3)n2/N=C(/C)c2ccncc2)cc1. The number of aromatic nitrogens is 2. The van der Waals surface area contributed by atoms with Gasteiger partial charge < -0.3 is 4.74 Å². The van der Waals surface area contributed by atoms with Crippen molar-refractivity contribution in [1.82, 2.24) is 9.66 Å². The molecule has 3 aromatic heterocycles. The lowest BCUT2D eigenvalue weighted by Gasteiger charge is -2.05. The number of methoxy groups -OCH3 is 1. The van der Waals surface area contributed by atoms with Crippen LogP contribution in [-0.2, 0) is 0 Å². The summed E-state index contributed by atoms with van der Waals surface area (Å²) in [7, 11) is 1.66. The highest BCUT2D eigenvalue weighted by Gasteiger charge is 2.10. The first-order chi connectivity index (χ1) is 13.7. The zero-order chi connectivity index (χ0) is 19.3. The molecular weight excluding hydrogens is 388 g/mol. The van der Waals surface area contributed by atoms with E-state index in [0.29, 0.717) is 0 Å². The molecule has 5 nitrogen and oxygen atoms in total. The van der Waals surface area contributed by atoms with Crippen molar-refractivity contribution in [3.63, 3.8) is 0 Å². The number of ether oxygens (including phenoxy) is 1. The van der Waals surface area contributed by atoms with E-state index in [9.17, 15) is 0 Å². The minimum Gasteiger partial charge on any atom is -0.497 e. The highest BCUT2D eigenvalue weighted by atomic mass is 32.1. The van der Waals surface area contributed by atoms with Crippen molar-refractivity contribution in [2.75, 3.05) is 7.11 Å². The predicted molar refractivity (Wildman–Crippen MR) is 116 cm³/mol. The second-order valence-corrected chi connectivity index (χ2v) is 7.71. The number of thiazole rings is 1. The van der Waals surface area contributed by atoms with E-state index in [1.807, 2.05) is 54.1 Å². The molecule has 140 valence electrons. The van der Waals surface area contributed by atoms with Crippen LogP contribution in [0, 0.1) is 0 Å². The largest absolute Gasteiger partial charge is 0.497 e. The molecule has 28 heavy (non-hydrogen) atoms. The van der Waals surface area contributed by atoms with Gasteiger partial charge in [0.15, 0.2) is 0 Å². The average Bonchev–Trinajstić information content (AvgIpc) is 3.40. The van der Waals surface area contributed by atoms with Gasteiger partial charge in [-0.1, -0.05) is 6.07 Å². The van der Waals surface area contributed by atoms with Crippen LogP contribution in [0.1, 0.15) is 12.5 Å². The summed E-state index contributed by atoms with van der Waals surface area (Å²) in [6, 6.07) is 15.7. The van der Waals surface area contributed by atoms with E-state index in [0.717, 1.165) is 38.1 Å². The molecule has 0 saturated carbocycles. The summed E-state index contributed by atoms with van der Waals surface area (Å²) >= 11 is 3.25. The number of nitrogens with zero attached hydrogens (tertiary/aromatic N) is 4. The van der Waals surface area contributed by atoms with Gasteiger partial charge in [0.25, 0.3) is 0 Å². The Balaban J connectivity index is 1.84. The molecule has 0 aliphatic rings. The van der Waals surface area contributed by atoms with Crippen LogP contribution in [0.2, 0.25) is 0 Å². The van der Waals surface area contributed by atoms with Crippen LogP contribution in [0.15, 0.2) is 81.8 Å². The van der Waals surface area contributed by atoms with Gasteiger partial charge >= 0.3 is 0 Å². The van der Waals surface area contributed by atoms with Crippen molar-refractivity contribution in [2.24, 2.45) is 10.1 Å². The lowest BCUT2D eigenvalue weighted by atomic mass is 10.2. The molecular formula is C21H18N4OS2. The van der Waals surface area contributed by atoms with Gasteiger partial charge in [0, 0.05) is 23.3 Å². The monoisotopic (exact) mass is 406 g/mol. The van der Waals surface area contributed by atoms with Crippen molar-refractivity contribution >= 4 is 34.1 Å². The third kappa shape index (κ3) is 3.95. The van der Waals surface area contributed by atoms with Crippen molar-refractivity contribution in [1.29, 1.82) is 0 Å². The number of pyridine rings is 1. The number of thiophene rings is 1. The van der Waals surface area contributed by atoms with Crippen LogP contribution in [0.3, 0.4) is 0 Å². The highest BCUT2D eigenvalue weighted by Crippen LogP contribution is 2.26. The summed E-state index contributed by atoms with van der Waals surface area (Å²) in [5.41, 5.74) is 3.81. The van der Waals surface area contributed by atoms with Crippen LogP contribution in [0.4, 0.5) is 5.69 Å². The standard InChI is InChI=1S/C21H18N4OS2/c1-15(16-9-11-22-12-10-16)24-25-19(20-4-3-13-27-20)14-28-21(25)23-17-5-7-18(26-2)8-6-17/h3-14H,1-2H3/b23-21?,24-15-. The summed E-state index contributed by atoms with van der Waals surface area (Å²) < 4.78 is 7.14. The second-order valence-electron chi connectivity index (χ2n) is 5.92. The van der Waals surface area contributed by atoms with Gasteiger partial charge in [-0.2, -0.15) is 5.10 Å². The second kappa shape index (κ2) is 8.33. The topological polar surface area (TPSA) is 51.8 Å². The van der Waals surface area contributed by atoms with Crippen molar-refractivity contribution < 1.29 is 4.74 Å². The first kappa shape index (κ1) is 18.3. The fourth-order valence-corrected chi connectivity index (χ4v) is 4.28. The van der Waals surface area contributed by atoms with Gasteiger partial charge in [-0.15, -0.1) is 22.7 Å². The van der Waals surface area contributed by atoms with E-state index in [4.69, 9.17) is 14.8 Å². The van der Waals surface area contributed by atoms with Crippen molar-refractivity contribution in [3.8, 4) is 16.3 Å². The molecule has 0 aliphatic carbocycles. The average molecular weight is 407 g/mol. The van der Waals surface area contributed by atoms with Crippen LogP contribution >= 0.6 is 22.7 Å². The summed E-state index contributed by atoms with van der Waals surface area (Å²) in [4.78, 5) is 10.8. The summed E-state index contributed by atoms with van der Waals surface area (Å²) in [6.07, 6.45) is 3.55. The molecule has 4 aromatic rings. The molecule has 0 bridgehead atoms. The molecule has 0 spiro atoms. The zero-order valence-corrected chi connectivity index (χ0v) is 17.1. The fourth-order valence-electron chi connectivity index (χ4n) is 2.64. The van der Waals surface area contributed by atoms with Gasteiger partial charge in [0.2, 0.25) is 4.80 Å². The number of benzene rings is 1. The minimum absolute atomic E-state index is 0.807. The Morgan fingerprint density at radius 1 is 1.04 bits per heavy atom. The maximum Gasteiger partial charge on any atom is 0.211 e. The third-order valence-electron chi connectivity index (χ3n) is 4.10. The zero-order valence-electron chi connectivity index (χ0n) is 15.4. The van der Waals surface area contributed by atoms with E-state index in [-0.39, 0.29) is 0 Å². The summed E-state index contributed by atoms with van der Waals surface area (Å²) in [6.45, 7) is 2.00. The van der Waals surface area contributed by atoms with Gasteiger partial charge in [0.1, 0.15) is 5.75 Å². The Morgan fingerprint density at radius 3 is 2.50 bits per heavy atom. The van der Waals surface area contributed by atoms with E-state index in [2.05, 4.69) is 21.8 Å². The van der Waals surface area contributed by atoms with Gasteiger partial charge in [-0.3, -0.25) is 4.98 Å². The predicted octanol–water partition coefficient (Wildman–Crippen LogP) is 5.19. The molecule has 0 fully saturated rings. The molecule has 0 amide bonds. The van der Waals surface area contributed by atoms with Gasteiger partial charge in [0.05, 0.1) is 29.1 Å². The van der Waals surface area contributed by atoms with E-state index >= 15 is 0 Å². The lowest BCUT2D eigenvalue weighted by molar-refractivity contribution is 0.415. The van der Waals surface area contributed by atoms with Crippen LogP contribution in [-0.4, -0.2) is 22.5 Å². The Morgan fingerprint density at radius 2 is 1.82 bits per heavy atom. The quantitative estimate of drug-likeness (QED) is 0.429. The highest BCUT2D eigenvalue weighted by molar-refractivity contribution is 7.14. The first-order valence-corrected chi connectivity index (χ1v) is 10.4. The molecule has 0 aliphatic heterocycles. The van der Waals surface area contributed by atoms with E-state index in [1.165, 1.54) is 0 Å². The van der Waals surface area contributed by atoms with Crippen LogP contribution in [0.25, 0.3) is 10.6 Å². The van der Waals surface area contributed by atoms with Crippen molar-refractivity contribution in [2.45, 2.75) is 6.92 Å². The third-order valence-corrected chi connectivity index (χ3v) is 5.81. The number of hydrogen-bond donors (Lipinski definition) is 0. The smallest absolute Gasteiger partial charge is 0.211 e. The maximum absolute atomic E-state index is 5.23. The van der Waals surface area contributed by atoms with Crippen molar-refractivity contribution in [3.05, 3.63) is 82.0 Å². The van der Waals surface area contributed by atoms with Crippen LogP contribution in [0.5, 0.6) is 5.75 Å². The Labute approximate surface area is 171 Å². The summed E-state index contributed by atoms with van der Waals surface area (Å²) in [5, 5.41) is 9.04. The number of rotatable bonds is 5. The molecule has 1 aromatic carbocycles. The lowest BCUT2D eigenvalue weighted by Crippen LogP contribution is -2.13. The molecule has 0 N–H and O–H groups in total. The molecule has 3 heterocycles. The van der Waals surface area contributed by atoms with E-state index in [1.54, 1.807) is 42.2 Å². The molecule has 0 radical (unpaired) electrons. The minimum atomic E-state index is 0.807. The molecule has 4 rings (SSSR count). The normalized spacial score (nSPS) is 12.4. The fraction of sp³-hybridized carbons (Fsp3) is 0.0952. The van der Waals surface area contributed by atoms with Crippen LogP contribution < -0.4 is 9.54 Å². The first-order valence-electron chi connectivity index (χ1n) is 8.64. The van der Waals surface area contributed by atoms with E-state index < -0.39 is 0 Å². The van der Waals surface area contributed by atoms with Gasteiger partial charge in [-0.05, 0) is 54.8 Å². The summed E-state index contributed by atoms with van der Waals surface area (Å²) in [5.74, 6) is 0.809. The molecule has 0 atom stereocenters.